The van der Waals surface area contributed by atoms with Crippen molar-refractivity contribution in [1.82, 2.24) is 4.31 Å². The maximum Gasteiger partial charge on any atom is 0.216 e. The molecule has 0 bridgehead atoms. The molecule has 1 unspecified atom stereocenters. The summed E-state index contributed by atoms with van der Waals surface area (Å²) in [5, 5.41) is 8.37. The molecule has 0 heterocycles. The maximum absolute atomic E-state index is 12.6. The number of hydrogen-bond donors (Lipinski definition) is 0. The highest BCUT2D eigenvalue weighted by molar-refractivity contribution is 7.89. The molecule has 0 N–H and O–H groups in total. The predicted octanol–water partition coefficient (Wildman–Crippen LogP) is 4.14. The number of sulfonamides is 1. The van der Waals surface area contributed by atoms with Gasteiger partial charge in [0.2, 0.25) is 10.0 Å². The smallest absolute Gasteiger partial charge is 0.212 e. The van der Waals surface area contributed by atoms with Crippen LogP contribution in [0.4, 0.5) is 0 Å². The lowest BCUT2D eigenvalue weighted by Gasteiger charge is -2.34. The Balaban J connectivity index is 2.13. The highest BCUT2D eigenvalue weighted by Gasteiger charge is 2.32. The molecule has 2 rings (SSSR count). The minimum Gasteiger partial charge on any atom is -0.212 e. The Morgan fingerprint density at radius 2 is 1.96 bits per heavy atom. The highest BCUT2D eigenvalue weighted by Crippen LogP contribution is 2.31. The molecule has 0 fully saturated rings. The summed E-state index contributed by atoms with van der Waals surface area (Å²) in [6.45, 7) is 6.13. The first kappa shape index (κ1) is 19.7. The molecule has 1 atom stereocenters. The van der Waals surface area contributed by atoms with Crippen LogP contribution in [-0.2, 0) is 16.4 Å². The van der Waals surface area contributed by atoms with Crippen LogP contribution >= 0.6 is 0 Å². The molecule has 5 heteroatoms. The average molecular weight is 361 g/mol. The second-order valence-electron chi connectivity index (χ2n) is 6.89. The Morgan fingerprint density at radius 1 is 1.28 bits per heavy atom. The van der Waals surface area contributed by atoms with Crippen molar-refractivity contribution in [2.75, 3.05) is 6.54 Å². The molecular formula is C20H28N2O2S. The van der Waals surface area contributed by atoms with E-state index in [4.69, 9.17) is 5.26 Å². The Labute approximate surface area is 152 Å². The SMILES string of the molecule is CCCN(C1CC=C(c2ccc(CC#N)cc2)CC1)S(=O)(=O)C(C)C. The fraction of sp³-hybridized carbons (Fsp3) is 0.550. The second-order valence-corrected chi connectivity index (χ2v) is 9.34. The van der Waals surface area contributed by atoms with E-state index in [2.05, 4.69) is 24.3 Å². The number of benzene rings is 1. The number of allylic oxidation sites excluding steroid dienone is 1. The first-order valence-corrected chi connectivity index (χ1v) is 10.6. The number of rotatable bonds is 7. The molecule has 0 saturated heterocycles. The van der Waals surface area contributed by atoms with E-state index in [9.17, 15) is 8.42 Å². The monoisotopic (exact) mass is 360 g/mol. The van der Waals surface area contributed by atoms with Gasteiger partial charge in [0, 0.05) is 12.6 Å². The second kappa shape index (κ2) is 8.64. The molecule has 136 valence electrons. The molecule has 0 radical (unpaired) electrons. The van der Waals surface area contributed by atoms with Gasteiger partial charge in [0.25, 0.3) is 0 Å². The van der Waals surface area contributed by atoms with Gasteiger partial charge in [-0.05, 0) is 56.2 Å². The lowest BCUT2D eigenvalue weighted by Crippen LogP contribution is -2.44. The molecule has 0 saturated carbocycles. The first-order valence-electron chi connectivity index (χ1n) is 9.06. The van der Waals surface area contributed by atoms with Crippen LogP contribution in [0.1, 0.15) is 57.6 Å². The van der Waals surface area contributed by atoms with E-state index in [1.807, 2.05) is 19.1 Å². The topological polar surface area (TPSA) is 61.2 Å². The van der Waals surface area contributed by atoms with Crippen LogP contribution in [0.3, 0.4) is 0 Å². The van der Waals surface area contributed by atoms with Crippen molar-refractivity contribution in [2.45, 2.75) is 64.2 Å². The predicted molar refractivity (Wildman–Crippen MR) is 102 cm³/mol. The van der Waals surface area contributed by atoms with Crippen molar-refractivity contribution < 1.29 is 8.42 Å². The van der Waals surface area contributed by atoms with Gasteiger partial charge >= 0.3 is 0 Å². The van der Waals surface area contributed by atoms with Gasteiger partial charge in [0.05, 0.1) is 17.7 Å². The Hall–Kier alpha value is -1.64. The van der Waals surface area contributed by atoms with Crippen molar-refractivity contribution in [3.8, 4) is 6.07 Å². The lowest BCUT2D eigenvalue weighted by atomic mass is 9.90. The third kappa shape index (κ3) is 4.71. The molecule has 1 aromatic rings. The molecule has 1 aliphatic rings. The van der Waals surface area contributed by atoms with Gasteiger partial charge in [-0.2, -0.15) is 9.57 Å². The van der Waals surface area contributed by atoms with Crippen molar-refractivity contribution in [2.24, 2.45) is 0 Å². The minimum absolute atomic E-state index is 0.0639. The van der Waals surface area contributed by atoms with Crippen LogP contribution in [0, 0.1) is 11.3 Å². The van der Waals surface area contributed by atoms with Crippen LogP contribution in [0.15, 0.2) is 30.3 Å². The molecule has 1 aromatic carbocycles. The van der Waals surface area contributed by atoms with E-state index in [0.29, 0.717) is 13.0 Å². The Kier molecular flexibility index (Phi) is 6.80. The summed E-state index contributed by atoms with van der Waals surface area (Å²) < 4.78 is 27.0. The zero-order valence-electron chi connectivity index (χ0n) is 15.4. The number of nitriles is 1. The van der Waals surface area contributed by atoms with Crippen LogP contribution in [0.25, 0.3) is 5.57 Å². The van der Waals surface area contributed by atoms with Gasteiger partial charge in [-0.1, -0.05) is 37.3 Å². The fourth-order valence-corrected chi connectivity index (χ4v) is 4.87. The molecule has 25 heavy (non-hydrogen) atoms. The van der Waals surface area contributed by atoms with E-state index in [1.165, 1.54) is 11.1 Å². The summed E-state index contributed by atoms with van der Waals surface area (Å²) >= 11 is 0. The van der Waals surface area contributed by atoms with Gasteiger partial charge in [0.15, 0.2) is 0 Å². The van der Waals surface area contributed by atoms with Gasteiger partial charge in [-0.25, -0.2) is 8.42 Å². The van der Waals surface area contributed by atoms with Gasteiger partial charge in [0.1, 0.15) is 0 Å². The number of hydrogen-bond acceptors (Lipinski definition) is 3. The zero-order chi connectivity index (χ0) is 18.4. The van der Waals surface area contributed by atoms with Crippen molar-refractivity contribution >= 4 is 15.6 Å². The lowest BCUT2D eigenvalue weighted by molar-refractivity contribution is 0.300. The van der Waals surface area contributed by atoms with E-state index < -0.39 is 10.0 Å². The highest BCUT2D eigenvalue weighted by atomic mass is 32.2. The third-order valence-electron chi connectivity index (χ3n) is 4.76. The molecule has 4 nitrogen and oxygen atoms in total. The standard InChI is InChI=1S/C20H28N2O2S/c1-4-15-22(25(23,24)16(2)3)20-11-9-19(10-12-20)18-7-5-17(6-8-18)13-14-21/h5-9,16,20H,4,10-13,15H2,1-3H3. The van der Waals surface area contributed by atoms with Crippen LogP contribution in [0.5, 0.6) is 0 Å². The normalized spacial score (nSPS) is 18.2. The summed E-state index contributed by atoms with van der Waals surface area (Å²) in [7, 11) is -3.22. The summed E-state index contributed by atoms with van der Waals surface area (Å²) in [5.74, 6) is 0. The summed E-state index contributed by atoms with van der Waals surface area (Å²) in [5.41, 5.74) is 3.48. The van der Waals surface area contributed by atoms with Crippen molar-refractivity contribution in [1.29, 1.82) is 5.26 Å². The Bertz CT molecular complexity index is 743. The molecule has 1 aliphatic carbocycles. The van der Waals surface area contributed by atoms with E-state index in [0.717, 1.165) is 31.2 Å². The molecule has 0 spiro atoms. The molecular weight excluding hydrogens is 332 g/mol. The summed E-state index contributed by atoms with van der Waals surface area (Å²) in [6.07, 6.45) is 5.96. The van der Waals surface area contributed by atoms with E-state index >= 15 is 0 Å². The molecule has 0 amide bonds. The first-order chi connectivity index (χ1) is 11.9. The quantitative estimate of drug-likeness (QED) is 0.734. The maximum atomic E-state index is 12.6. The minimum atomic E-state index is -3.22. The van der Waals surface area contributed by atoms with Crippen LogP contribution < -0.4 is 0 Å². The molecule has 0 aromatic heterocycles. The average Bonchev–Trinajstić information content (AvgIpc) is 2.60. The van der Waals surface area contributed by atoms with E-state index in [1.54, 1.807) is 18.2 Å². The Morgan fingerprint density at radius 3 is 2.44 bits per heavy atom. The fourth-order valence-electron chi connectivity index (χ4n) is 3.28. The van der Waals surface area contributed by atoms with Crippen molar-refractivity contribution in [3.63, 3.8) is 0 Å². The van der Waals surface area contributed by atoms with Gasteiger partial charge in [-0.15, -0.1) is 0 Å². The van der Waals surface area contributed by atoms with Crippen LogP contribution in [-0.4, -0.2) is 30.6 Å². The molecule has 0 aliphatic heterocycles. The largest absolute Gasteiger partial charge is 0.216 e. The van der Waals surface area contributed by atoms with Gasteiger partial charge < -0.3 is 0 Å². The van der Waals surface area contributed by atoms with Crippen LogP contribution in [0.2, 0.25) is 0 Å². The summed E-state index contributed by atoms with van der Waals surface area (Å²) in [4.78, 5) is 0. The van der Waals surface area contributed by atoms with Crippen molar-refractivity contribution in [3.05, 3.63) is 41.5 Å². The summed E-state index contributed by atoms with van der Waals surface area (Å²) in [6, 6.07) is 10.3. The van der Waals surface area contributed by atoms with Gasteiger partial charge in [-0.3, -0.25) is 0 Å². The van der Waals surface area contributed by atoms with E-state index in [-0.39, 0.29) is 11.3 Å². The third-order valence-corrected chi connectivity index (χ3v) is 7.09. The zero-order valence-corrected chi connectivity index (χ0v) is 16.2. The number of nitrogens with zero attached hydrogens (tertiary/aromatic N) is 2.